The van der Waals surface area contributed by atoms with Gasteiger partial charge in [0.1, 0.15) is 6.04 Å². The highest BCUT2D eigenvalue weighted by Gasteiger charge is 2.31. The van der Waals surface area contributed by atoms with Crippen molar-refractivity contribution < 1.29 is 14.4 Å². The fourth-order valence-corrected chi connectivity index (χ4v) is 3.21. The van der Waals surface area contributed by atoms with Gasteiger partial charge in [0, 0.05) is 25.8 Å². The number of nitrogens with one attached hydrogen (secondary N) is 1. The number of benzene rings is 1. The molecule has 126 valence electrons. The number of hydrogen-bond donors (Lipinski definition) is 1. The highest BCUT2D eigenvalue weighted by Crippen LogP contribution is 2.31. The predicted molar refractivity (Wildman–Crippen MR) is 89.4 cm³/mol. The quantitative estimate of drug-likeness (QED) is 0.824. The number of hydrogen-bond acceptors (Lipinski definition) is 3. The molecule has 2 heterocycles. The van der Waals surface area contributed by atoms with Crippen LogP contribution < -0.4 is 5.32 Å². The largest absolute Gasteiger partial charge is 0.350 e. The first-order chi connectivity index (χ1) is 11.5. The maximum absolute atomic E-state index is 12.2. The Morgan fingerprint density at radius 3 is 2.67 bits per heavy atom. The summed E-state index contributed by atoms with van der Waals surface area (Å²) in [6.07, 6.45) is 2.32. The molecule has 6 heteroatoms. The molecule has 0 aromatic heterocycles. The van der Waals surface area contributed by atoms with Crippen LogP contribution in [-0.4, -0.2) is 47.7 Å². The van der Waals surface area contributed by atoms with Crippen LogP contribution in [0.4, 0.5) is 0 Å². The molecule has 6 nitrogen and oxygen atoms in total. The zero-order chi connectivity index (χ0) is 17.3. The van der Waals surface area contributed by atoms with Crippen LogP contribution in [0.2, 0.25) is 0 Å². The summed E-state index contributed by atoms with van der Waals surface area (Å²) in [6, 6.07) is 7.27. The number of rotatable bonds is 5. The van der Waals surface area contributed by atoms with E-state index in [9.17, 15) is 14.4 Å². The highest BCUT2D eigenvalue weighted by molar-refractivity contribution is 6.26. The minimum atomic E-state index is -0.349. The van der Waals surface area contributed by atoms with Crippen LogP contribution in [0.15, 0.2) is 30.0 Å². The monoisotopic (exact) mass is 327 g/mol. The Hall–Kier alpha value is -2.63. The van der Waals surface area contributed by atoms with E-state index in [2.05, 4.69) is 5.32 Å². The molecule has 0 aliphatic carbocycles. The topological polar surface area (TPSA) is 69.7 Å². The van der Waals surface area contributed by atoms with Crippen LogP contribution in [-0.2, 0) is 20.9 Å². The Morgan fingerprint density at radius 2 is 2.04 bits per heavy atom. The summed E-state index contributed by atoms with van der Waals surface area (Å²) in [5.41, 5.74) is 3.58. The zero-order valence-corrected chi connectivity index (χ0v) is 13.9. The second-order valence-electron chi connectivity index (χ2n) is 6.24. The van der Waals surface area contributed by atoms with Crippen molar-refractivity contribution >= 4 is 23.8 Å². The fourth-order valence-electron chi connectivity index (χ4n) is 3.21. The number of likely N-dealkylation sites (N-methyl/N-ethyl adjacent to an activating group) is 1. The third-order valence-corrected chi connectivity index (χ3v) is 4.83. The van der Waals surface area contributed by atoms with Crippen LogP contribution in [0.3, 0.4) is 0 Å². The normalized spacial score (nSPS) is 20.2. The van der Waals surface area contributed by atoms with E-state index < -0.39 is 0 Å². The summed E-state index contributed by atoms with van der Waals surface area (Å²) < 4.78 is 0. The summed E-state index contributed by atoms with van der Waals surface area (Å²) in [7, 11) is 1.76. The van der Waals surface area contributed by atoms with Gasteiger partial charge < -0.3 is 15.1 Å². The maximum atomic E-state index is 12.2. The van der Waals surface area contributed by atoms with Crippen LogP contribution in [0.25, 0.3) is 5.57 Å². The molecule has 0 spiro atoms. The molecule has 1 N–H and O–H groups in total. The van der Waals surface area contributed by atoms with Crippen LogP contribution >= 0.6 is 0 Å². The van der Waals surface area contributed by atoms with Gasteiger partial charge in [-0.15, -0.1) is 0 Å². The van der Waals surface area contributed by atoms with Crippen molar-refractivity contribution in [3.05, 3.63) is 41.1 Å². The lowest BCUT2D eigenvalue weighted by Crippen LogP contribution is -2.42. The van der Waals surface area contributed by atoms with Gasteiger partial charge in [0.25, 0.3) is 5.91 Å². The van der Waals surface area contributed by atoms with Gasteiger partial charge in [-0.05, 0) is 30.9 Å². The number of allylic oxidation sites excluding steroid dienone is 1. The van der Waals surface area contributed by atoms with E-state index >= 15 is 0 Å². The molecule has 0 saturated carbocycles. The second-order valence-corrected chi connectivity index (χ2v) is 6.24. The Morgan fingerprint density at radius 1 is 1.33 bits per heavy atom. The van der Waals surface area contributed by atoms with E-state index in [0.717, 1.165) is 35.2 Å². The van der Waals surface area contributed by atoms with Gasteiger partial charge >= 0.3 is 0 Å². The number of carbonyl (C=O) groups excluding carboxylic acids is 3. The zero-order valence-electron chi connectivity index (χ0n) is 13.9. The lowest BCUT2D eigenvalue weighted by atomic mass is 9.95. The number of likely N-dealkylation sites (tertiary alicyclic amines) is 1. The van der Waals surface area contributed by atoms with Gasteiger partial charge in [-0.25, -0.2) is 0 Å². The standard InChI is InChI=1S/C18H21N3O3/c1-12-16(18(24)20(12)2)14-7-5-13(6-8-14)10-19-17(23)15-4-3-9-21(15)11-22/h5-8,11,15H,3-4,9-10H2,1-2H3,(H,19,23). The lowest BCUT2D eigenvalue weighted by molar-refractivity contribution is -0.131. The van der Waals surface area contributed by atoms with Gasteiger partial charge in [0.05, 0.1) is 5.57 Å². The molecule has 2 aliphatic heterocycles. The lowest BCUT2D eigenvalue weighted by Gasteiger charge is -2.31. The van der Waals surface area contributed by atoms with Gasteiger partial charge in [-0.3, -0.25) is 14.4 Å². The molecule has 1 aromatic carbocycles. The number of amides is 3. The van der Waals surface area contributed by atoms with Gasteiger partial charge in [0.15, 0.2) is 0 Å². The maximum Gasteiger partial charge on any atom is 0.260 e. The molecule has 24 heavy (non-hydrogen) atoms. The molecule has 1 fully saturated rings. The summed E-state index contributed by atoms with van der Waals surface area (Å²) in [4.78, 5) is 38.1. The van der Waals surface area contributed by atoms with Gasteiger partial charge in [0.2, 0.25) is 12.3 Å². The molecule has 2 aliphatic rings. The van der Waals surface area contributed by atoms with E-state index in [1.165, 1.54) is 0 Å². The van der Waals surface area contributed by atoms with E-state index in [4.69, 9.17) is 0 Å². The van der Waals surface area contributed by atoms with Crippen molar-refractivity contribution in [2.45, 2.75) is 32.4 Å². The summed E-state index contributed by atoms with van der Waals surface area (Å²) in [6.45, 7) is 2.98. The first-order valence-electron chi connectivity index (χ1n) is 8.10. The summed E-state index contributed by atoms with van der Waals surface area (Å²) in [5, 5.41) is 2.88. The van der Waals surface area contributed by atoms with Gasteiger partial charge in [-0.1, -0.05) is 24.3 Å². The second kappa shape index (κ2) is 6.47. The Balaban J connectivity index is 1.60. The van der Waals surface area contributed by atoms with Crippen molar-refractivity contribution in [2.24, 2.45) is 0 Å². The van der Waals surface area contributed by atoms with E-state index in [0.29, 0.717) is 19.5 Å². The Kier molecular flexibility index (Phi) is 4.38. The van der Waals surface area contributed by atoms with Crippen LogP contribution in [0.1, 0.15) is 30.9 Å². The van der Waals surface area contributed by atoms with Crippen LogP contribution in [0.5, 0.6) is 0 Å². The SMILES string of the molecule is CC1=C(c2ccc(CNC(=O)C3CCCN3C=O)cc2)C(=O)N1C. The Labute approximate surface area is 141 Å². The molecule has 3 amide bonds. The van der Waals surface area contributed by atoms with E-state index in [1.807, 2.05) is 31.2 Å². The molecule has 1 saturated heterocycles. The van der Waals surface area contributed by atoms with Crippen molar-refractivity contribution in [1.82, 2.24) is 15.1 Å². The average Bonchev–Trinajstić information content (AvgIpc) is 3.09. The van der Waals surface area contributed by atoms with Crippen molar-refractivity contribution in [3.8, 4) is 0 Å². The summed E-state index contributed by atoms with van der Waals surface area (Å²) in [5.74, 6) is -0.0817. The molecular formula is C18H21N3O3. The third-order valence-electron chi connectivity index (χ3n) is 4.83. The molecule has 3 rings (SSSR count). The van der Waals surface area contributed by atoms with E-state index in [1.54, 1.807) is 16.8 Å². The van der Waals surface area contributed by atoms with Crippen molar-refractivity contribution in [3.63, 3.8) is 0 Å². The molecule has 1 atom stereocenters. The summed E-state index contributed by atoms with van der Waals surface area (Å²) >= 11 is 0. The molecular weight excluding hydrogens is 306 g/mol. The van der Waals surface area contributed by atoms with E-state index in [-0.39, 0.29) is 17.9 Å². The fraction of sp³-hybridized carbons (Fsp3) is 0.389. The molecule has 1 unspecified atom stereocenters. The van der Waals surface area contributed by atoms with Crippen molar-refractivity contribution in [1.29, 1.82) is 0 Å². The molecule has 1 aromatic rings. The average molecular weight is 327 g/mol. The van der Waals surface area contributed by atoms with Crippen molar-refractivity contribution in [2.75, 3.05) is 13.6 Å². The molecule has 0 bridgehead atoms. The third kappa shape index (κ3) is 2.79. The number of nitrogens with zero attached hydrogens (tertiary/aromatic N) is 2. The first-order valence-corrected chi connectivity index (χ1v) is 8.10. The smallest absolute Gasteiger partial charge is 0.260 e. The predicted octanol–water partition coefficient (Wildman–Crippen LogP) is 1.13. The molecule has 0 radical (unpaired) electrons. The highest BCUT2D eigenvalue weighted by atomic mass is 16.2. The first kappa shape index (κ1) is 16.2. The minimum absolute atomic E-state index is 0.0312. The number of carbonyl (C=O) groups is 3. The van der Waals surface area contributed by atoms with Gasteiger partial charge in [-0.2, -0.15) is 0 Å². The Bertz CT molecular complexity index is 709. The minimum Gasteiger partial charge on any atom is -0.350 e. The van der Waals surface area contributed by atoms with Crippen LogP contribution in [0, 0.1) is 0 Å².